The number of amides is 2. The van der Waals surface area contributed by atoms with E-state index in [0.29, 0.717) is 16.6 Å². The first-order valence-corrected chi connectivity index (χ1v) is 18.4. The van der Waals surface area contributed by atoms with Gasteiger partial charge in [0.2, 0.25) is 11.8 Å². The fraction of sp³-hybridized carbons (Fsp3) is 0.436. The molecule has 0 radical (unpaired) electrons. The number of carbonyl (C=O) groups excluding carboxylic acids is 2. The monoisotopic (exact) mass is 689 g/mol. The lowest BCUT2D eigenvalue weighted by atomic mass is 9.81. The van der Waals surface area contributed by atoms with Crippen LogP contribution < -0.4 is 15.5 Å². The van der Waals surface area contributed by atoms with Gasteiger partial charge in [-0.2, -0.15) is 0 Å². The molecule has 1 heterocycles. The number of halogens is 1. The van der Waals surface area contributed by atoms with Crippen LogP contribution in [-0.4, -0.2) is 53.4 Å². The molecular weight excluding hydrogens is 638 g/mol. The second kappa shape index (κ2) is 20.7. The summed E-state index contributed by atoms with van der Waals surface area (Å²) in [5.74, 6) is 3.04. The van der Waals surface area contributed by atoms with E-state index in [1.54, 1.807) is 30.3 Å². The molecule has 2 atom stereocenters. The van der Waals surface area contributed by atoms with E-state index in [1.807, 2.05) is 74.5 Å². The highest BCUT2D eigenvalue weighted by atomic mass is 35.5. The zero-order valence-corrected chi connectivity index (χ0v) is 30.7. The van der Waals surface area contributed by atoms with Crippen molar-refractivity contribution in [2.24, 2.45) is 17.8 Å². The Hall–Kier alpha value is -3.62. The van der Waals surface area contributed by atoms with Gasteiger partial charge in [0.15, 0.2) is 0 Å². The number of nitrogens with zero attached hydrogens (tertiary/aromatic N) is 3. The summed E-state index contributed by atoms with van der Waals surface area (Å²) in [5, 5.41) is 7.27. The van der Waals surface area contributed by atoms with Crippen LogP contribution in [0.2, 0.25) is 5.02 Å². The van der Waals surface area contributed by atoms with Gasteiger partial charge in [0.05, 0.1) is 16.5 Å². The van der Waals surface area contributed by atoms with Gasteiger partial charge in [0.1, 0.15) is 11.6 Å². The summed E-state index contributed by atoms with van der Waals surface area (Å²) in [7, 11) is 3.99. The van der Waals surface area contributed by atoms with Crippen molar-refractivity contribution in [3.63, 3.8) is 0 Å². The summed E-state index contributed by atoms with van der Waals surface area (Å²) in [6, 6.07) is 15.1. The van der Waals surface area contributed by atoms with Gasteiger partial charge in [-0.1, -0.05) is 87.2 Å². The molecule has 1 aliphatic rings. The summed E-state index contributed by atoms with van der Waals surface area (Å²) < 4.78 is 0. The molecule has 1 saturated carbocycles. The van der Waals surface area contributed by atoms with Crippen molar-refractivity contribution in [1.82, 2.24) is 15.3 Å². The minimum atomic E-state index is -0.481. The van der Waals surface area contributed by atoms with Crippen LogP contribution in [0.5, 0.6) is 0 Å². The van der Waals surface area contributed by atoms with E-state index in [9.17, 15) is 9.59 Å². The fourth-order valence-electron chi connectivity index (χ4n) is 5.65. The lowest BCUT2D eigenvalue weighted by molar-refractivity contribution is -0.118. The number of carbonyl (C=O) groups is 2. The first-order chi connectivity index (χ1) is 23.1. The van der Waals surface area contributed by atoms with E-state index in [-0.39, 0.29) is 23.5 Å². The number of thioether (sulfide) groups is 1. The molecule has 0 spiro atoms. The zero-order valence-electron chi connectivity index (χ0n) is 29.1. The molecule has 1 fully saturated rings. The van der Waals surface area contributed by atoms with Crippen LogP contribution in [0.25, 0.3) is 10.9 Å². The minimum absolute atomic E-state index is 0.0235. The molecule has 9 heteroatoms. The summed E-state index contributed by atoms with van der Waals surface area (Å²) in [6.45, 7) is 10.9. The van der Waals surface area contributed by atoms with Crippen molar-refractivity contribution >= 4 is 57.6 Å². The smallest absolute Gasteiger partial charge is 0.238 e. The van der Waals surface area contributed by atoms with Gasteiger partial charge in [0.25, 0.3) is 0 Å². The van der Waals surface area contributed by atoms with Crippen LogP contribution in [0.15, 0.2) is 85.5 Å². The predicted molar refractivity (Wildman–Crippen MR) is 206 cm³/mol. The van der Waals surface area contributed by atoms with Crippen molar-refractivity contribution in [2.45, 2.75) is 64.5 Å². The number of hydrogen-bond donors (Lipinski definition) is 2. The predicted octanol–water partition coefficient (Wildman–Crippen LogP) is 9.04. The first kappa shape index (κ1) is 38.8. The number of para-hydroxylation sites is 1. The molecule has 2 N–H and O–H groups in total. The molecule has 48 heavy (non-hydrogen) atoms. The molecule has 2 amide bonds. The van der Waals surface area contributed by atoms with Gasteiger partial charge in [-0.15, -0.1) is 18.3 Å². The highest BCUT2D eigenvalue weighted by molar-refractivity contribution is 8.01. The lowest BCUT2D eigenvalue weighted by Crippen LogP contribution is -2.35. The Balaban J connectivity index is 0.000000368. The molecule has 0 saturated heterocycles. The van der Waals surface area contributed by atoms with E-state index in [4.69, 9.17) is 11.6 Å². The average molecular weight is 690 g/mol. The topological polar surface area (TPSA) is 87.2 Å². The highest BCUT2D eigenvalue weighted by Gasteiger charge is 2.27. The van der Waals surface area contributed by atoms with Crippen LogP contribution in [0.3, 0.4) is 0 Å². The third-order valence-corrected chi connectivity index (χ3v) is 10.0. The quantitative estimate of drug-likeness (QED) is 0.130. The van der Waals surface area contributed by atoms with E-state index < -0.39 is 5.25 Å². The molecule has 1 aliphatic carbocycles. The summed E-state index contributed by atoms with van der Waals surface area (Å²) in [6.07, 6.45) is 16.8. The Morgan fingerprint density at radius 1 is 1.02 bits per heavy atom. The molecule has 2 aromatic carbocycles. The Labute approximate surface area is 296 Å². The van der Waals surface area contributed by atoms with Gasteiger partial charge in [-0.25, -0.2) is 9.97 Å². The van der Waals surface area contributed by atoms with Crippen LogP contribution in [0, 0.1) is 24.7 Å². The first-order valence-electron chi connectivity index (χ1n) is 17.0. The number of allylic oxidation sites excluding steroid dienone is 5. The van der Waals surface area contributed by atoms with Crippen molar-refractivity contribution < 1.29 is 9.59 Å². The number of aromatic nitrogens is 2. The van der Waals surface area contributed by atoms with Crippen LogP contribution in [-0.2, 0) is 9.59 Å². The molecule has 0 aliphatic heterocycles. The fourth-order valence-corrected chi connectivity index (χ4v) is 6.84. The number of fused-ring (bicyclic) bond motifs is 1. The van der Waals surface area contributed by atoms with Gasteiger partial charge < -0.3 is 15.5 Å². The van der Waals surface area contributed by atoms with E-state index in [2.05, 4.69) is 41.0 Å². The number of anilines is 2. The Kier molecular flexibility index (Phi) is 16.7. The largest absolute Gasteiger partial charge is 0.362 e. The highest BCUT2D eigenvalue weighted by Crippen LogP contribution is 2.30. The molecule has 1 aromatic heterocycles. The number of aryl methyl sites for hydroxylation is 1. The Bertz CT molecular complexity index is 1520. The average Bonchev–Trinajstić information content (AvgIpc) is 3.09. The maximum Gasteiger partial charge on any atom is 0.238 e. The van der Waals surface area contributed by atoms with Crippen LogP contribution in [0.4, 0.5) is 11.5 Å². The van der Waals surface area contributed by atoms with Crippen molar-refractivity contribution in [3.8, 4) is 0 Å². The summed E-state index contributed by atoms with van der Waals surface area (Å²) in [4.78, 5) is 36.6. The molecule has 258 valence electrons. The maximum atomic E-state index is 13.2. The van der Waals surface area contributed by atoms with Gasteiger partial charge in [-0.05, 0) is 74.4 Å². The van der Waals surface area contributed by atoms with Crippen molar-refractivity contribution in [3.05, 3.63) is 96.3 Å². The number of benzene rings is 2. The Morgan fingerprint density at radius 2 is 1.71 bits per heavy atom. The van der Waals surface area contributed by atoms with E-state index in [0.717, 1.165) is 41.4 Å². The molecular formula is C39H52ClN5O2S. The molecule has 3 aromatic rings. The third kappa shape index (κ3) is 12.8. The zero-order chi connectivity index (χ0) is 34.9. The number of rotatable bonds is 14. The summed E-state index contributed by atoms with van der Waals surface area (Å²) >= 11 is 7.31. The number of nitrogens with one attached hydrogen (secondary N) is 2. The molecule has 7 nitrogen and oxygen atoms in total. The van der Waals surface area contributed by atoms with Crippen molar-refractivity contribution in [1.29, 1.82) is 0 Å². The molecule has 4 rings (SSSR count). The van der Waals surface area contributed by atoms with Crippen LogP contribution >= 0.6 is 23.4 Å². The third-order valence-electron chi connectivity index (χ3n) is 8.45. The number of hydrogen-bond acceptors (Lipinski definition) is 6. The SMILES string of the molecule is C=CC(/C=C\C=C/CC)C(SCC(=O)NCC1CCC(CC)CC1)C(=O)Nc1ccc(Cl)cc1.Cc1nc(N(C)C)c2ccccc2n1. The minimum Gasteiger partial charge on any atom is -0.362 e. The Morgan fingerprint density at radius 3 is 2.35 bits per heavy atom. The van der Waals surface area contributed by atoms with Crippen LogP contribution in [0.1, 0.15) is 58.2 Å². The second-order valence-electron chi connectivity index (χ2n) is 12.4. The van der Waals surface area contributed by atoms with Crippen molar-refractivity contribution in [2.75, 3.05) is 36.6 Å². The second-order valence-corrected chi connectivity index (χ2v) is 13.9. The summed E-state index contributed by atoms with van der Waals surface area (Å²) in [5.41, 5.74) is 1.67. The van der Waals surface area contributed by atoms with E-state index in [1.165, 1.54) is 43.9 Å². The standard InChI is InChI=1S/C28H39ClN2O2S.C11H13N3/c1-4-7-8-9-10-23(6-3)27(28(33)31-25-17-15-24(29)16-18-25)34-20-26(32)30-19-22-13-11-21(5-2)12-14-22;1-8-12-10-7-5-4-6-9(10)11(13-8)14(2)3/h6-10,15-18,21-23,27H,3-5,11-14,19-20H2,1-2H3,(H,30,32)(H,31,33);4-7H,1-3H3/b8-7-,10-9-;. The van der Waals surface area contributed by atoms with Gasteiger partial charge in [-0.3, -0.25) is 9.59 Å². The van der Waals surface area contributed by atoms with Gasteiger partial charge in [0, 0.05) is 42.7 Å². The van der Waals surface area contributed by atoms with E-state index >= 15 is 0 Å². The maximum absolute atomic E-state index is 13.2. The lowest BCUT2D eigenvalue weighted by Gasteiger charge is -2.28. The molecule has 2 unspecified atom stereocenters. The van der Waals surface area contributed by atoms with Gasteiger partial charge >= 0.3 is 0 Å². The normalized spacial score (nSPS) is 17.4. The molecule has 0 bridgehead atoms.